The number of nitrogens with zero attached hydrogens (tertiary/aromatic N) is 4. The van der Waals surface area contributed by atoms with Gasteiger partial charge in [-0.1, -0.05) is 6.92 Å². The van der Waals surface area contributed by atoms with Crippen LogP contribution in [0.2, 0.25) is 0 Å². The molecule has 0 amide bonds. The average molecular weight is 241 g/mol. The van der Waals surface area contributed by atoms with E-state index in [2.05, 4.69) is 22.3 Å². The summed E-state index contributed by atoms with van der Waals surface area (Å²) in [5, 5.41) is 16.3. The van der Waals surface area contributed by atoms with Crippen LogP contribution in [0.3, 0.4) is 0 Å². The molecular weight excluding hydrogens is 226 g/mol. The molecule has 92 valence electrons. The summed E-state index contributed by atoms with van der Waals surface area (Å²) in [4.78, 5) is 4.01. The third-order valence-corrected chi connectivity index (χ3v) is 2.69. The van der Waals surface area contributed by atoms with Gasteiger partial charge < -0.3 is 5.32 Å². The minimum Gasteiger partial charge on any atom is -0.380 e. The molecule has 0 fully saturated rings. The Morgan fingerprint density at radius 2 is 2.28 bits per heavy atom. The minimum atomic E-state index is 0.427. The molecule has 0 aliphatic carbocycles. The molecule has 0 radical (unpaired) electrons. The van der Waals surface area contributed by atoms with E-state index in [1.165, 1.54) is 5.56 Å². The third kappa shape index (κ3) is 2.66. The van der Waals surface area contributed by atoms with Crippen molar-refractivity contribution in [3.63, 3.8) is 0 Å². The van der Waals surface area contributed by atoms with Gasteiger partial charge in [0.25, 0.3) is 0 Å². The van der Waals surface area contributed by atoms with Gasteiger partial charge >= 0.3 is 0 Å². The lowest BCUT2D eigenvalue weighted by Gasteiger charge is -2.05. The van der Waals surface area contributed by atoms with Gasteiger partial charge in [-0.05, 0) is 18.6 Å². The standard InChI is InChI=1S/C13H15N5/c1-3-13-10(9-18(2)17-13)7-15-12-5-4-11(6-14)16-8-12/h4-5,8-9,15H,3,7H2,1-2H3. The molecule has 0 unspecified atom stereocenters. The number of anilines is 1. The Balaban J connectivity index is 2.04. The summed E-state index contributed by atoms with van der Waals surface area (Å²) in [6, 6.07) is 5.55. The second kappa shape index (κ2) is 5.32. The number of nitrogens with one attached hydrogen (secondary N) is 1. The Kier molecular flexibility index (Phi) is 3.58. The third-order valence-electron chi connectivity index (χ3n) is 2.69. The van der Waals surface area contributed by atoms with Crippen LogP contribution in [0.1, 0.15) is 23.9 Å². The van der Waals surface area contributed by atoms with E-state index >= 15 is 0 Å². The number of nitriles is 1. The van der Waals surface area contributed by atoms with Crippen molar-refractivity contribution in [1.82, 2.24) is 14.8 Å². The molecule has 0 aliphatic rings. The van der Waals surface area contributed by atoms with E-state index in [-0.39, 0.29) is 0 Å². The van der Waals surface area contributed by atoms with E-state index in [1.54, 1.807) is 12.3 Å². The molecule has 0 aliphatic heterocycles. The first-order valence-corrected chi connectivity index (χ1v) is 5.84. The molecule has 0 atom stereocenters. The van der Waals surface area contributed by atoms with Crippen LogP contribution < -0.4 is 5.32 Å². The molecule has 2 heterocycles. The number of rotatable bonds is 4. The van der Waals surface area contributed by atoms with Gasteiger partial charge in [0.1, 0.15) is 11.8 Å². The maximum atomic E-state index is 8.66. The highest BCUT2D eigenvalue weighted by Gasteiger charge is 2.05. The molecule has 0 saturated carbocycles. The molecule has 18 heavy (non-hydrogen) atoms. The van der Waals surface area contributed by atoms with E-state index in [0.29, 0.717) is 12.2 Å². The maximum Gasteiger partial charge on any atom is 0.140 e. The first kappa shape index (κ1) is 12.1. The van der Waals surface area contributed by atoms with Gasteiger partial charge in [0.15, 0.2) is 0 Å². The van der Waals surface area contributed by atoms with Crippen LogP contribution in [0.4, 0.5) is 5.69 Å². The van der Waals surface area contributed by atoms with Crippen molar-refractivity contribution in [3.05, 3.63) is 41.5 Å². The lowest BCUT2D eigenvalue weighted by atomic mass is 10.2. The summed E-state index contributed by atoms with van der Waals surface area (Å²) in [6.45, 7) is 2.81. The Bertz CT molecular complexity index is 562. The largest absolute Gasteiger partial charge is 0.380 e. The quantitative estimate of drug-likeness (QED) is 0.887. The molecule has 2 aromatic rings. The van der Waals surface area contributed by atoms with Gasteiger partial charge in [-0.25, -0.2) is 4.98 Å². The van der Waals surface area contributed by atoms with Crippen molar-refractivity contribution < 1.29 is 0 Å². The Morgan fingerprint density at radius 1 is 1.44 bits per heavy atom. The van der Waals surface area contributed by atoms with Crippen molar-refractivity contribution in [1.29, 1.82) is 5.26 Å². The predicted molar refractivity (Wildman–Crippen MR) is 68.9 cm³/mol. The molecule has 0 aromatic carbocycles. The van der Waals surface area contributed by atoms with E-state index in [1.807, 2.05) is 30.1 Å². The van der Waals surface area contributed by atoms with Crippen LogP contribution in [0, 0.1) is 11.3 Å². The average Bonchev–Trinajstić information content (AvgIpc) is 2.77. The van der Waals surface area contributed by atoms with Gasteiger partial charge in [-0.2, -0.15) is 10.4 Å². The molecule has 0 saturated heterocycles. The van der Waals surface area contributed by atoms with Crippen LogP contribution in [-0.2, 0) is 20.0 Å². The summed E-state index contributed by atoms with van der Waals surface area (Å²) in [7, 11) is 1.92. The molecule has 5 heteroatoms. The van der Waals surface area contributed by atoms with Gasteiger partial charge in [0.2, 0.25) is 0 Å². The Hall–Kier alpha value is -2.35. The molecule has 2 rings (SSSR count). The van der Waals surface area contributed by atoms with E-state index in [9.17, 15) is 0 Å². The minimum absolute atomic E-state index is 0.427. The maximum absolute atomic E-state index is 8.66. The zero-order chi connectivity index (χ0) is 13.0. The first-order chi connectivity index (χ1) is 8.72. The van der Waals surface area contributed by atoms with Crippen LogP contribution in [0.25, 0.3) is 0 Å². The molecule has 0 bridgehead atoms. The van der Waals surface area contributed by atoms with Crippen molar-refractivity contribution in [2.45, 2.75) is 19.9 Å². The second-order valence-corrected chi connectivity index (χ2v) is 4.03. The Morgan fingerprint density at radius 3 is 2.89 bits per heavy atom. The lowest BCUT2D eigenvalue weighted by Crippen LogP contribution is -2.01. The van der Waals surface area contributed by atoms with Crippen LogP contribution in [0.5, 0.6) is 0 Å². The van der Waals surface area contributed by atoms with Gasteiger partial charge in [0.05, 0.1) is 17.6 Å². The molecule has 1 N–H and O–H groups in total. The fraction of sp³-hybridized carbons (Fsp3) is 0.308. The second-order valence-electron chi connectivity index (χ2n) is 4.03. The number of aromatic nitrogens is 3. The summed E-state index contributed by atoms with van der Waals surface area (Å²) in [5.74, 6) is 0. The fourth-order valence-electron chi connectivity index (χ4n) is 1.79. The van der Waals surface area contributed by atoms with E-state index < -0.39 is 0 Å². The molecule has 5 nitrogen and oxygen atoms in total. The van der Waals surface area contributed by atoms with Gasteiger partial charge in [-0.3, -0.25) is 4.68 Å². The number of pyridine rings is 1. The number of hydrogen-bond acceptors (Lipinski definition) is 4. The van der Waals surface area contributed by atoms with Gasteiger partial charge in [-0.15, -0.1) is 0 Å². The molecule has 0 spiro atoms. The zero-order valence-corrected chi connectivity index (χ0v) is 10.5. The summed E-state index contributed by atoms with van der Waals surface area (Å²) >= 11 is 0. The SMILES string of the molecule is CCc1nn(C)cc1CNc1ccc(C#N)nc1. The summed E-state index contributed by atoms with van der Waals surface area (Å²) in [6.07, 6.45) is 4.60. The highest BCUT2D eigenvalue weighted by Crippen LogP contribution is 2.11. The van der Waals surface area contributed by atoms with Crippen molar-refractivity contribution in [2.75, 3.05) is 5.32 Å². The van der Waals surface area contributed by atoms with Crippen molar-refractivity contribution in [3.8, 4) is 6.07 Å². The molecular formula is C13H15N5. The van der Waals surface area contributed by atoms with Crippen molar-refractivity contribution >= 4 is 5.69 Å². The van der Waals surface area contributed by atoms with Crippen LogP contribution in [0.15, 0.2) is 24.5 Å². The smallest absolute Gasteiger partial charge is 0.140 e. The molecule has 2 aromatic heterocycles. The highest BCUT2D eigenvalue weighted by atomic mass is 15.3. The number of aryl methyl sites for hydroxylation is 2. The van der Waals surface area contributed by atoms with Crippen LogP contribution >= 0.6 is 0 Å². The van der Waals surface area contributed by atoms with Crippen molar-refractivity contribution in [2.24, 2.45) is 7.05 Å². The Labute approximate surface area is 106 Å². The summed E-state index contributed by atoms with van der Waals surface area (Å²) in [5.41, 5.74) is 3.62. The first-order valence-electron chi connectivity index (χ1n) is 5.84. The zero-order valence-electron chi connectivity index (χ0n) is 10.5. The fourth-order valence-corrected chi connectivity index (χ4v) is 1.79. The van der Waals surface area contributed by atoms with E-state index in [4.69, 9.17) is 5.26 Å². The topological polar surface area (TPSA) is 66.5 Å². The summed E-state index contributed by atoms with van der Waals surface area (Å²) < 4.78 is 1.83. The number of hydrogen-bond donors (Lipinski definition) is 1. The van der Waals surface area contributed by atoms with Gasteiger partial charge in [0, 0.05) is 25.4 Å². The van der Waals surface area contributed by atoms with E-state index in [0.717, 1.165) is 17.8 Å². The lowest BCUT2D eigenvalue weighted by molar-refractivity contribution is 0.746. The predicted octanol–water partition coefficient (Wildman–Crippen LogP) is 1.86. The normalized spacial score (nSPS) is 10.1. The monoisotopic (exact) mass is 241 g/mol. The van der Waals surface area contributed by atoms with Crippen LogP contribution in [-0.4, -0.2) is 14.8 Å². The highest BCUT2D eigenvalue weighted by molar-refractivity contribution is 5.43.